The van der Waals surface area contributed by atoms with Crippen molar-refractivity contribution in [2.45, 2.75) is 45.1 Å². The Morgan fingerprint density at radius 2 is 1.85 bits per heavy atom. The number of ether oxygens (including phenoxy) is 2. The summed E-state index contributed by atoms with van der Waals surface area (Å²) < 4.78 is 10.4. The number of esters is 1. The number of aromatic amines is 1. The SMILES string of the molecule is CCC1=C[C@@H](c2[nH]c3ccccc3c2CCNC(=O)OCc2ccccc2)C[C@H](C(=O)OC)C1. The van der Waals surface area contributed by atoms with Gasteiger partial charge >= 0.3 is 12.1 Å². The molecular weight excluding hydrogens is 428 g/mol. The Morgan fingerprint density at radius 3 is 2.62 bits per heavy atom. The lowest BCUT2D eigenvalue weighted by Gasteiger charge is -2.27. The Labute approximate surface area is 200 Å². The molecule has 0 saturated heterocycles. The van der Waals surface area contributed by atoms with Gasteiger partial charge in [-0.05, 0) is 42.9 Å². The number of H-pyrrole nitrogens is 1. The molecule has 2 atom stereocenters. The number of allylic oxidation sites excluding steroid dienone is 2. The number of methoxy groups -OCH3 is 1. The van der Waals surface area contributed by atoms with Crippen LogP contribution in [-0.2, 0) is 27.3 Å². The first-order valence-electron chi connectivity index (χ1n) is 11.9. The zero-order valence-electron chi connectivity index (χ0n) is 19.8. The molecule has 0 aliphatic heterocycles. The standard InChI is InChI=1S/C28H32N2O4/c1-3-19-15-21(17-22(16-19)27(31)33-2)26-24(23-11-7-8-12-25(23)30-26)13-14-29-28(32)34-18-20-9-5-4-6-10-20/h4-12,15,21-22,30H,3,13-14,16-18H2,1-2H3,(H,29,32)/t21-,22-/m1/s1. The number of rotatable bonds is 8. The molecule has 0 radical (unpaired) electrons. The van der Waals surface area contributed by atoms with Crippen molar-refractivity contribution in [2.75, 3.05) is 13.7 Å². The van der Waals surface area contributed by atoms with Gasteiger partial charge in [0, 0.05) is 29.1 Å². The van der Waals surface area contributed by atoms with Crippen molar-refractivity contribution >= 4 is 23.0 Å². The monoisotopic (exact) mass is 460 g/mol. The maximum atomic E-state index is 12.4. The Bertz CT molecular complexity index is 1170. The van der Waals surface area contributed by atoms with E-state index in [0.717, 1.165) is 35.0 Å². The van der Waals surface area contributed by atoms with Crippen molar-refractivity contribution in [3.8, 4) is 0 Å². The number of fused-ring (bicyclic) bond motifs is 1. The highest BCUT2D eigenvalue weighted by atomic mass is 16.5. The van der Waals surface area contributed by atoms with Crippen LogP contribution in [0, 0.1) is 5.92 Å². The first-order valence-corrected chi connectivity index (χ1v) is 11.9. The number of amides is 1. The summed E-state index contributed by atoms with van der Waals surface area (Å²) in [7, 11) is 1.46. The Hall–Kier alpha value is -3.54. The second-order valence-corrected chi connectivity index (χ2v) is 8.75. The molecule has 1 aromatic heterocycles. The summed E-state index contributed by atoms with van der Waals surface area (Å²) >= 11 is 0. The van der Waals surface area contributed by atoms with Crippen molar-refractivity contribution in [3.63, 3.8) is 0 Å². The molecule has 0 spiro atoms. The molecule has 1 heterocycles. The van der Waals surface area contributed by atoms with Crippen LogP contribution in [0.3, 0.4) is 0 Å². The van der Waals surface area contributed by atoms with Crippen LogP contribution in [0.1, 0.15) is 48.9 Å². The van der Waals surface area contributed by atoms with E-state index < -0.39 is 6.09 Å². The lowest BCUT2D eigenvalue weighted by molar-refractivity contribution is -0.145. The minimum Gasteiger partial charge on any atom is -0.469 e. The molecule has 0 fully saturated rings. The van der Waals surface area contributed by atoms with Gasteiger partial charge in [-0.1, -0.05) is 67.1 Å². The van der Waals surface area contributed by atoms with Crippen LogP contribution in [0.25, 0.3) is 10.9 Å². The summed E-state index contributed by atoms with van der Waals surface area (Å²) in [6.07, 6.45) is 4.91. The second kappa shape index (κ2) is 11.1. The molecule has 1 aliphatic carbocycles. The summed E-state index contributed by atoms with van der Waals surface area (Å²) in [5, 5.41) is 4.02. The largest absolute Gasteiger partial charge is 0.469 e. The first kappa shape index (κ1) is 23.6. The highest BCUT2D eigenvalue weighted by Gasteiger charge is 2.31. The molecule has 2 N–H and O–H groups in total. The van der Waals surface area contributed by atoms with Gasteiger partial charge in [0.05, 0.1) is 13.0 Å². The average molecular weight is 461 g/mol. The first-order chi connectivity index (χ1) is 16.6. The van der Waals surface area contributed by atoms with Crippen LogP contribution in [0.15, 0.2) is 66.2 Å². The predicted octanol–water partition coefficient (Wildman–Crippen LogP) is 5.64. The van der Waals surface area contributed by atoms with Crippen molar-refractivity contribution in [1.82, 2.24) is 10.3 Å². The van der Waals surface area contributed by atoms with Gasteiger partial charge in [-0.15, -0.1) is 0 Å². The number of carbonyl (C=O) groups is 2. The van der Waals surface area contributed by atoms with E-state index in [0.29, 0.717) is 19.4 Å². The van der Waals surface area contributed by atoms with Crippen LogP contribution in [0.4, 0.5) is 4.79 Å². The third kappa shape index (κ3) is 5.50. The zero-order chi connectivity index (χ0) is 23.9. The Morgan fingerprint density at radius 1 is 1.09 bits per heavy atom. The highest BCUT2D eigenvalue weighted by Crippen LogP contribution is 2.39. The molecule has 6 heteroatoms. The number of para-hydroxylation sites is 1. The van der Waals surface area contributed by atoms with E-state index in [1.807, 2.05) is 42.5 Å². The second-order valence-electron chi connectivity index (χ2n) is 8.75. The fourth-order valence-electron chi connectivity index (χ4n) is 4.81. The molecule has 0 saturated carbocycles. The van der Waals surface area contributed by atoms with Crippen molar-refractivity contribution in [3.05, 3.63) is 83.1 Å². The lowest BCUT2D eigenvalue weighted by Crippen LogP contribution is -2.27. The maximum Gasteiger partial charge on any atom is 0.407 e. The number of nitrogens with one attached hydrogen (secondary N) is 2. The van der Waals surface area contributed by atoms with E-state index >= 15 is 0 Å². The number of aromatic nitrogens is 1. The smallest absolute Gasteiger partial charge is 0.407 e. The van der Waals surface area contributed by atoms with Crippen LogP contribution in [0.5, 0.6) is 0 Å². The topological polar surface area (TPSA) is 80.4 Å². The molecule has 1 amide bonds. The van der Waals surface area contributed by atoms with E-state index in [9.17, 15) is 9.59 Å². The fourth-order valence-corrected chi connectivity index (χ4v) is 4.81. The third-order valence-electron chi connectivity index (χ3n) is 6.55. The van der Waals surface area contributed by atoms with Gasteiger partial charge in [0.25, 0.3) is 0 Å². The molecular formula is C28H32N2O4. The van der Waals surface area contributed by atoms with Gasteiger partial charge in [-0.2, -0.15) is 0 Å². The van der Waals surface area contributed by atoms with Crippen molar-refractivity contribution < 1.29 is 19.1 Å². The van der Waals surface area contributed by atoms with Crippen molar-refractivity contribution in [1.29, 1.82) is 0 Å². The number of alkyl carbamates (subject to hydrolysis) is 1. The molecule has 3 aromatic rings. The minimum atomic E-state index is -0.429. The number of benzene rings is 2. The molecule has 2 aromatic carbocycles. The van der Waals surface area contributed by atoms with E-state index in [1.54, 1.807) is 0 Å². The van der Waals surface area contributed by atoms with Gasteiger partial charge in [0.15, 0.2) is 0 Å². The zero-order valence-corrected chi connectivity index (χ0v) is 19.8. The minimum absolute atomic E-state index is 0.0974. The Balaban J connectivity index is 1.49. The van der Waals surface area contributed by atoms with Gasteiger partial charge in [-0.3, -0.25) is 4.79 Å². The maximum absolute atomic E-state index is 12.4. The van der Waals surface area contributed by atoms with Gasteiger partial charge in [0.2, 0.25) is 0 Å². The number of hydrogen-bond acceptors (Lipinski definition) is 4. The van der Waals surface area contributed by atoms with Crippen LogP contribution in [0.2, 0.25) is 0 Å². The molecule has 34 heavy (non-hydrogen) atoms. The summed E-state index contributed by atoms with van der Waals surface area (Å²) in [4.78, 5) is 28.2. The van der Waals surface area contributed by atoms with Gasteiger partial charge in [0.1, 0.15) is 6.61 Å². The summed E-state index contributed by atoms with van der Waals surface area (Å²) in [5.74, 6) is -0.190. The molecule has 6 nitrogen and oxygen atoms in total. The lowest BCUT2D eigenvalue weighted by atomic mass is 9.79. The normalized spacial score (nSPS) is 17.8. The molecule has 1 aliphatic rings. The molecule has 4 rings (SSSR count). The van der Waals surface area contributed by atoms with Gasteiger partial charge in [-0.25, -0.2) is 4.79 Å². The molecule has 0 bridgehead atoms. The summed E-state index contributed by atoms with van der Waals surface area (Å²) in [6, 6.07) is 17.8. The van der Waals surface area contributed by atoms with Gasteiger partial charge < -0.3 is 19.8 Å². The quantitative estimate of drug-likeness (QED) is 0.337. The van der Waals surface area contributed by atoms with Crippen LogP contribution in [-0.4, -0.2) is 30.7 Å². The number of carbonyl (C=O) groups excluding carboxylic acids is 2. The van der Waals surface area contributed by atoms with E-state index in [2.05, 4.69) is 35.4 Å². The highest BCUT2D eigenvalue weighted by molar-refractivity contribution is 5.85. The average Bonchev–Trinajstić information content (AvgIpc) is 3.26. The molecule has 0 unspecified atom stereocenters. The predicted molar refractivity (Wildman–Crippen MR) is 132 cm³/mol. The van der Waals surface area contributed by atoms with E-state index in [4.69, 9.17) is 9.47 Å². The van der Waals surface area contributed by atoms with Crippen molar-refractivity contribution in [2.24, 2.45) is 5.92 Å². The number of hydrogen-bond donors (Lipinski definition) is 2. The molecule has 178 valence electrons. The van der Waals surface area contributed by atoms with E-state index in [-0.39, 0.29) is 24.4 Å². The summed E-state index contributed by atoms with van der Waals surface area (Å²) in [6.45, 7) is 2.83. The third-order valence-corrected chi connectivity index (χ3v) is 6.55. The van der Waals surface area contributed by atoms with Crippen LogP contribution < -0.4 is 5.32 Å². The van der Waals surface area contributed by atoms with Crippen LogP contribution >= 0.6 is 0 Å². The van der Waals surface area contributed by atoms with E-state index in [1.165, 1.54) is 18.2 Å². The Kier molecular flexibility index (Phi) is 7.68. The summed E-state index contributed by atoms with van der Waals surface area (Å²) in [5.41, 5.74) is 5.57. The fraction of sp³-hybridized carbons (Fsp3) is 0.357.